The fraction of sp³-hybridized carbons (Fsp3) is 0.600. The Kier molecular flexibility index (Phi) is 6.51. The molecule has 0 aliphatic rings. The Morgan fingerprint density at radius 1 is 1.00 bits per heavy atom. The lowest BCUT2D eigenvalue weighted by Gasteiger charge is -2.16. The number of hydrogen-bond acceptors (Lipinski definition) is 1. The van der Waals surface area contributed by atoms with Crippen molar-refractivity contribution < 1.29 is 5.11 Å². The summed E-state index contributed by atoms with van der Waals surface area (Å²) in [5.74, 6) is 1.27. The summed E-state index contributed by atoms with van der Waals surface area (Å²) < 4.78 is 0. The van der Waals surface area contributed by atoms with Crippen LogP contribution < -0.4 is 0 Å². The third-order valence-electron chi connectivity index (χ3n) is 4.79. The molecule has 1 aromatic carbocycles. The molecule has 0 fully saturated rings. The maximum atomic E-state index is 10.4. The Morgan fingerprint density at radius 3 is 2.14 bits per heavy atom. The van der Waals surface area contributed by atoms with Crippen molar-refractivity contribution in [2.75, 3.05) is 0 Å². The van der Waals surface area contributed by atoms with Crippen molar-refractivity contribution in [2.24, 2.45) is 5.92 Å². The lowest BCUT2D eigenvalue weighted by atomic mass is 9.91. The van der Waals surface area contributed by atoms with Crippen molar-refractivity contribution in [3.05, 3.63) is 39.5 Å². The Morgan fingerprint density at radius 2 is 1.57 bits per heavy atom. The topological polar surface area (TPSA) is 20.2 Å². The minimum absolute atomic E-state index is 0.488. The molecule has 0 saturated heterocycles. The monoisotopic (exact) mass is 288 g/mol. The summed E-state index contributed by atoms with van der Waals surface area (Å²) in [6, 6.07) is 0. The van der Waals surface area contributed by atoms with E-state index in [2.05, 4.69) is 47.6 Å². The van der Waals surface area contributed by atoms with Crippen molar-refractivity contribution >= 4 is 0 Å². The molecule has 0 atom stereocenters. The summed E-state index contributed by atoms with van der Waals surface area (Å²) in [6.07, 6.45) is 6.85. The van der Waals surface area contributed by atoms with Crippen LogP contribution in [0.15, 0.2) is 11.6 Å². The van der Waals surface area contributed by atoms with Gasteiger partial charge in [0.15, 0.2) is 0 Å². The summed E-state index contributed by atoms with van der Waals surface area (Å²) in [6.45, 7) is 15.1. The number of phenols is 1. The molecule has 0 bridgehead atoms. The Bertz CT molecular complexity index is 492. The molecule has 21 heavy (non-hydrogen) atoms. The van der Waals surface area contributed by atoms with E-state index < -0.39 is 0 Å². The van der Waals surface area contributed by atoms with E-state index in [4.69, 9.17) is 0 Å². The molecule has 1 aromatic rings. The van der Waals surface area contributed by atoms with Gasteiger partial charge in [-0.3, -0.25) is 0 Å². The fourth-order valence-electron chi connectivity index (χ4n) is 2.79. The maximum absolute atomic E-state index is 10.4. The zero-order chi connectivity index (χ0) is 16.2. The molecule has 0 radical (unpaired) electrons. The molecular formula is C20H32O. The smallest absolute Gasteiger partial charge is 0.122 e. The average molecular weight is 288 g/mol. The highest BCUT2D eigenvalue weighted by Crippen LogP contribution is 2.32. The molecule has 0 saturated carbocycles. The second kappa shape index (κ2) is 7.68. The molecule has 0 spiro atoms. The van der Waals surface area contributed by atoms with Gasteiger partial charge < -0.3 is 5.11 Å². The number of aromatic hydroxyl groups is 1. The van der Waals surface area contributed by atoms with Crippen LogP contribution in [0.4, 0.5) is 0 Å². The molecule has 0 aromatic heterocycles. The van der Waals surface area contributed by atoms with E-state index in [1.165, 1.54) is 41.5 Å². The highest BCUT2D eigenvalue weighted by atomic mass is 16.3. The van der Waals surface area contributed by atoms with Crippen LogP contribution in [-0.4, -0.2) is 5.11 Å². The van der Waals surface area contributed by atoms with Gasteiger partial charge in [0.25, 0.3) is 0 Å². The first-order valence-electron chi connectivity index (χ1n) is 8.19. The van der Waals surface area contributed by atoms with E-state index in [1.54, 1.807) is 0 Å². The standard InChI is InChI=1S/C20H32O/c1-13(2)9-8-10-14(3)11-12-19-17(6)15(4)16(5)18(7)20(19)21/h11,13,21H,8-10,12H2,1-7H3/b14-11+. The first kappa shape index (κ1) is 17.8. The van der Waals surface area contributed by atoms with E-state index >= 15 is 0 Å². The average Bonchev–Trinajstić information content (AvgIpc) is 2.42. The third kappa shape index (κ3) is 4.62. The van der Waals surface area contributed by atoms with Gasteiger partial charge in [0.1, 0.15) is 5.75 Å². The van der Waals surface area contributed by atoms with Gasteiger partial charge in [-0.2, -0.15) is 0 Å². The van der Waals surface area contributed by atoms with Gasteiger partial charge >= 0.3 is 0 Å². The van der Waals surface area contributed by atoms with Crippen LogP contribution in [-0.2, 0) is 6.42 Å². The van der Waals surface area contributed by atoms with E-state index in [0.29, 0.717) is 5.75 Å². The molecule has 1 N–H and O–H groups in total. The van der Waals surface area contributed by atoms with Gasteiger partial charge in [0, 0.05) is 5.56 Å². The predicted molar refractivity (Wildman–Crippen MR) is 93.2 cm³/mol. The van der Waals surface area contributed by atoms with Gasteiger partial charge in [-0.15, -0.1) is 0 Å². The normalized spacial score (nSPS) is 12.3. The van der Waals surface area contributed by atoms with Gasteiger partial charge in [-0.1, -0.05) is 31.9 Å². The first-order valence-corrected chi connectivity index (χ1v) is 8.19. The van der Waals surface area contributed by atoms with E-state index in [9.17, 15) is 5.11 Å². The lowest BCUT2D eigenvalue weighted by Crippen LogP contribution is -1.99. The summed E-state index contributed by atoms with van der Waals surface area (Å²) in [5.41, 5.74) is 7.32. The molecule has 0 unspecified atom stereocenters. The molecule has 0 aliphatic heterocycles. The third-order valence-corrected chi connectivity index (χ3v) is 4.79. The number of phenolic OH excluding ortho intramolecular Hbond substituents is 1. The first-order chi connectivity index (χ1) is 9.75. The highest BCUT2D eigenvalue weighted by Gasteiger charge is 2.13. The lowest BCUT2D eigenvalue weighted by molar-refractivity contribution is 0.464. The van der Waals surface area contributed by atoms with Crippen molar-refractivity contribution in [3.63, 3.8) is 0 Å². The van der Waals surface area contributed by atoms with Crippen molar-refractivity contribution in [1.82, 2.24) is 0 Å². The summed E-state index contributed by atoms with van der Waals surface area (Å²) in [7, 11) is 0. The molecule has 1 nitrogen and oxygen atoms in total. The van der Waals surface area contributed by atoms with Crippen LogP contribution in [0.2, 0.25) is 0 Å². The molecule has 118 valence electrons. The van der Waals surface area contributed by atoms with Crippen LogP contribution in [0.3, 0.4) is 0 Å². The maximum Gasteiger partial charge on any atom is 0.122 e. The van der Waals surface area contributed by atoms with Crippen LogP contribution >= 0.6 is 0 Å². The zero-order valence-electron chi connectivity index (χ0n) is 14.9. The van der Waals surface area contributed by atoms with E-state index in [0.717, 1.165) is 23.5 Å². The van der Waals surface area contributed by atoms with Crippen molar-refractivity contribution in [1.29, 1.82) is 0 Å². The molecule has 1 heteroatoms. The van der Waals surface area contributed by atoms with Gasteiger partial charge in [0.2, 0.25) is 0 Å². The zero-order valence-corrected chi connectivity index (χ0v) is 14.9. The Labute approximate surface area is 131 Å². The van der Waals surface area contributed by atoms with Crippen molar-refractivity contribution in [3.8, 4) is 5.75 Å². The minimum Gasteiger partial charge on any atom is -0.507 e. The summed E-state index contributed by atoms with van der Waals surface area (Å²) in [4.78, 5) is 0. The number of rotatable bonds is 6. The minimum atomic E-state index is 0.488. The van der Waals surface area contributed by atoms with Crippen LogP contribution in [0.1, 0.15) is 67.9 Å². The van der Waals surface area contributed by atoms with E-state index in [1.807, 2.05) is 6.92 Å². The highest BCUT2D eigenvalue weighted by molar-refractivity contribution is 5.54. The van der Waals surface area contributed by atoms with Crippen LogP contribution in [0.25, 0.3) is 0 Å². The van der Waals surface area contributed by atoms with Crippen molar-refractivity contribution in [2.45, 2.75) is 74.1 Å². The van der Waals surface area contributed by atoms with Crippen LogP contribution in [0.5, 0.6) is 5.75 Å². The summed E-state index contributed by atoms with van der Waals surface area (Å²) >= 11 is 0. The number of hydrogen-bond donors (Lipinski definition) is 1. The number of allylic oxidation sites excluding steroid dienone is 2. The second-order valence-corrected chi connectivity index (χ2v) is 6.87. The number of benzene rings is 1. The Hall–Kier alpha value is -1.24. The van der Waals surface area contributed by atoms with Crippen LogP contribution in [0, 0.1) is 33.6 Å². The molecule has 0 heterocycles. The molecule has 1 rings (SSSR count). The molecule has 0 aliphatic carbocycles. The SMILES string of the molecule is C/C(=C\Cc1c(C)c(C)c(C)c(C)c1O)CCCC(C)C. The van der Waals surface area contributed by atoms with Gasteiger partial charge in [-0.25, -0.2) is 0 Å². The largest absolute Gasteiger partial charge is 0.507 e. The van der Waals surface area contributed by atoms with E-state index in [-0.39, 0.29) is 0 Å². The molecule has 0 amide bonds. The fourth-order valence-corrected chi connectivity index (χ4v) is 2.79. The van der Waals surface area contributed by atoms with Gasteiger partial charge in [-0.05, 0) is 82.1 Å². The predicted octanol–water partition coefficient (Wildman–Crippen LogP) is 5.94. The quantitative estimate of drug-likeness (QED) is 0.642. The molecular weight excluding hydrogens is 256 g/mol. The Balaban J connectivity index is 2.84. The summed E-state index contributed by atoms with van der Waals surface area (Å²) in [5, 5.41) is 10.4. The second-order valence-electron chi connectivity index (χ2n) is 6.87. The van der Waals surface area contributed by atoms with Gasteiger partial charge in [0.05, 0.1) is 0 Å².